The van der Waals surface area contributed by atoms with E-state index >= 15 is 0 Å². The van der Waals surface area contributed by atoms with Crippen LogP contribution >= 0.6 is 11.3 Å². The summed E-state index contributed by atoms with van der Waals surface area (Å²) in [6, 6.07) is 12.8. The highest BCUT2D eigenvalue weighted by molar-refractivity contribution is 7.08. The van der Waals surface area contributed by atoms with Gasteiger partial charge in [-0.05, 0) is 64.7 Å². The van der Waals surface area contributed by atoms with Crippen molar-refractivity contribution in [3.8, 4) is 22.5 Å². The van der Waals surface area contributed by atoms with E-state index in [4.69, 9.17) is 0 Å². The van der Waals surface area contributed by atoms with Crippen LogP contribution in [0.1, 0.15) is 16.8 Å². The lowest BCUT2D eigenvalue weighted by molar-refractivity contribution is 1.11. The van der Waals surface area contributed by atoms with Crippen LogP contribution in [0.4, 0.5) is 5.69 Å². The highest BCUT2D eigenvalue weighted by Gasteiger charge is 2.16. The highest BCUT2D eigenvalue weighted by Crippen LogP contribution is 2.35. The Balaban J connectivity index is 1.60. The van der Waals surface area contributed by atoms with Crippen molar-refractivity contribution in [1.82, 2.24) is 20.2 Å². The first-order valence-electron chi connectivity index (χ1n) is 10.7. The molecule has 0 radical (unpaired) electrons. The molecule has 0 amide bonds. The lowest BCUT2D eigenvalue weighted by Crippen LogP contribution is -2.08. The minimum absolute atomic E-state index is 0.904. The molecule has 1 aromatic carbocycles. The average molecular weight is 452 g/mol. The molecule has 5 nitrogen and oxygen atoms in total. The monoisotopic (exact) mass is 451 g/mol. The zero-order chi connectivity index (χ0) is 22.9. The predicted molar refractivity (Wildman–Crippen MR) is 140 cm³/mol. The van der Waals surface area contributed by atoms with Crippen molar-refractivity contribution in [2.75, 3.05) is 19.0 Å². The number of hydrogen-bond donors (Lipinski definition) is 2. The van der Waals surface area contributed by atoms with E-state index in [9.17, 15) is 0 Å². The molecule has 0 fully saturated rings. The predicted octanol–water partition coefficient (Wildman–Crippen LogP) is 6.67. The molecule has 4 aromatic heterocycles. The number of fused-ring (bicyclic) bond motifs is 1. The summed E-state index contributed by atoms with van der Waals surface area (Å²) in [6.07, 6.45) is 7.67. The Morgan fingerprint density at radius 2 is 1.97 bits per heavy atom. The Morgan fingerprint density at radius 1 is 1.09 bits per heavy atom. The van der Waals surface area contributed by atoms with Crippen molar-refractivity contribution < 1.29 is 0 Å². The van der Waals surface area contributed by atoms with Gasteiger partial charge in [-0.3, -0.25) is 10.1 Å². The van der Waals surface area contributed by atoms with Gasteiger partial charge in [0.1, 0.15) is 5.69 Å². The molecule has 33 heavy (non-hydrogen) atoms. The van der Waals surface area contributed by atoms with Crippen LogP contribution in [0.25, 0.3) is 39.0 Å². The van der Waals surface area contributed by atoms with E-state index in [-0.39, 0.29) is 0 Å². The van der Waals surface area contributed by atoms with Crippen molar-refractivity contribution in [3.63, 3.8) is 0 Å². The third-order valence-electron chi connectivity index (χ3n) is 5.81. The van der Waals surface area contributed by atoms with E-state index in [1.807, 2.05) is 32.6 Å². The van der Waals surface area contributed by atoms with E-state index in [0.29, 0.717) is 0 Å². The smallest absolute Gasteiger partial charge is 0.116 e. The molecular formula is C27H25N5S. The number of nitrogens with one attached hydrogen (secondary N) is 2. The van der Waals surface area contributed by atoms with Gasteiger partial charge in [-0.1, -0.05) is 24.8 Å². The summed E-state index contributed by atoms with van der Waals surface area (Å²) in [5, 5.41) is 13.2. The lowest BCUT2D eigenvalue weighted by atomic mass is 9.99. The van der Waals surface area contributed by atoms with E-state index in [1.165, 1.54) is 5.56 Å². The largest absolute Gasteiger partial charge is 0.376 e. The molecule has 0 atom stereocenters. The lowest BCUT2D eigenvalue weighted by Gasteiger charge is -2.13. The molecular weight excluding hydrogens is 426 g/mol. The molecule has 5 aromatic rings. The number of hydrogen-bond acceptors (Lipinski definition) is 4. The van der Waals surface area contributed by atoms with Crippen LogP contribution in [-0.2, 0) is 0 Å². The zero-order valence-corrected chi connectivity index (χ0v) is 19.7. The van der Waals surface area contributed by atoms with Crippen molar-refractivity contribution >= 4 is 33.5 Å². The van der Waals surface area contributed by atoms with Crippen molar-refractivity contribution in [1.29, 1.82) is 0 Å². The van der Waals surface area contributed by atoms with E-state index in [1.54, 1.807) is 11.3 Å². The van der Waals surface area contributed by atoms with E-state index in [2.05, 4.69) is 91.8 Å². The van der Waals surface area contributed by atoms with Crippen molar-refractivity contribution in [2.45, 2.75) is 6.92 Å². The van der Waals surface area contributed by atoms with Crippen LogP contribution < -0.4 is 4.90 Å². The zero-order valence-electron chi connectivity index (χ0n) is 18.9. The highest BCUT2D eigenvalue weighted by atomic mass is 32.1. The molecule has 0 saturated carbocycles. The summed E-state index contributed by atoms with van der Waals surface area (Å²) in [6.45, 7) is 6.01. The summed E-state index contributed by atoms with van der Waals surface area (Å²) in [4.78, 5) is 10.0. The molecule has 0 aliphatic heterocycles. The maximum absolute atomic E-state index is 4.65. The van der Waals surface area contributed by atoms with Crippen LogP contribution in [0, 0.1) is 6.92 Å². The first kappa shape index (κ1) is 21.0. The van der Waals surface area contributed by atoms with Crippen LogP contribution in [0.15, 0.2) is 78.3 Å². The van der Waals surface area contributed by atoms with Crippen LogP contribution in [-0.4, -0.2) is 34.3 Å². The normalized spacial score (nSPS) is 11.8. The number of aromatic nitrogens is 4. The maximum Gasteiger partial charge on any atom is 0.116 e. The molecule has 0 bridgehead atoms. The second kappa shape index (κ2) is 8.56. The molecule has 0 saturated heterocycles. The summed E-state index contributed by atoms with van der Waals surface area (Å²) in [5.41, 5.74) is 10.7. The number of benzene rings is 1. The standard InChI is InChI=1S/C27H25N5S/c1-5-6-22(19-9-10-33-16-19)23-13-26(29-17(23)2)27-24-12-18(7-8-25(24)30-31-27)20-11-21(32(3)4)15-28-14-20/h5-16,29H,1H2,2-4H3,(H,30,31)/b22-6-. The number of aromatic amines is 2. The van der Waals surface area contributed by atoms with Gasteiger partial charge in [0.25, 0.3) is 0 Å². The molecule has 4 heterocycles. The number of anilines is 1. The van der Waals surface area contributed by atoms with Gasteiger partial charge in [0.15, 0.2) is 0 Å². The molecule has 2 N–H and O–H groups in total. The Hall–Kier alpha value is -3.90. The summed E-state index contributed by atoms with van der Waals surface area (Å²) >= 11 is 1.69. The van der Waals surface area contributed by atoms with Gasteiger partial charge in [0, 0.05) is 42.5 Å². The number of aryl methyl sites for hydroxylation is 1. The third-order valence-corrected chi connectivity index (χ3v) is 6.50. The third kappa shape index (κ3) is 3.90. The summed E-state index contributed by atoms with van der Waals surface area (Å²) in [5.74, 6) is 0. The van der Waals surface area contributed by atoms with Gasteiger partial charge in [-0.25, -0.2) is 0 Å². The minimum atomic E-state index is 0.904. The van der Waals surface area contributed by atoms with Crippen LogP contribution in [0.2, 0.25) is 0 Å². The number of nitrogens with zero attached hydrogens (tertiary/aromatic N) is 3. The number of thiophene rings is 1. The van der Waals surface area contributed by atoms with Gasteiger partial charge in [0.05, 0.1) is 23.1 Å². The second-order valence-electron chi connectivity index (χ2n) is 8.21. The number of pyridine rings is 1. The Bertz CT molecular complexity index is 1470. The topological polar surface area (TPSA) is 60.6 Å². The molecule has 0 unspecified atom stereocenters. The summed E-state index contributed by atoms with van der Waals surface area (Å²) in [7, 11) is 4.04. The van der Waals surface area contributed by atoms with E-state index < -0.39 is 0 Å². The van der Waals surface area contributed by atoms with Crippen molar-refractivity contribution in [3.05, 3.63) is 95.1 Å². The molecule has 164 valence electrons. The Kier molecular flexibility index (Phi) is 5.44. The first-order chi connectivity index (χ1) is 16.0. The number of rotatable bonds is 6. The van der Waals surface area contributed by atoms with Gasteiger partial charge in [-0.2, -0.15) is 16.4 Å². The van der Waals surface area contributed by atoms with Crippen LogP contribution in [0.5, 0.6) is 0 Å². The second-order valence-corrected chi connectivity index (χ2v) is 8.99. The Morgan fingerprint density at radius 3 is 2.73 bits per heavy atom. The Labute approximate surface area is 197 Å². The number of H-pyrrole nitrogens is 2. The van der Waals surface area contributed by atoms with Gasteiger partial charge in [-0.15, -0.1) is 0 Å². The van der Waals surface area contributed by atoms with Crippen molar-refractivity contribution in [2.24, 2.45) is 0 Å². The fourth-order valence-corrected chi connectivity index (χ4v) is 4.73. The SMILES string of the molecule is C=C/C=C(/c1ccsc1)c1cc(-c2n[nH]c3ccc(-c4cncc(N(C)C)c4)cc23)[nH]c1C. The van der Waals surface area contributed by atoms with E-state index in [0.717, 1.165) is 55.9 Å². The molecule has 0 aliphatic carbocycles. The minimum Gasteiger partial charge on any atom is -0.376 e. The molecule has 0 spiro atoms. The van der Waals surface area contributed by atoms with Gasteiger partial charge >= 0.3 is 0 Å². The quantitative estimate of drug-likeness (QED) is 0.283. The van der Waals surface area contributed by atoms with Gasteiger partial charge in [0.2, 0.25) is 0 Å². The first-order valence-corrected chi connectivity index (χ1v) is 11.7. The maximum atomic E-state index is 4.65. The fourth-order valence-electron chi connectivity index (χ4n) is 4.07. The molecule has 6 heteroatoms. The van der Waals surface area contributed by atoms with Crippen LogP contribution in [0.3, 0.4) is 0 Å². The van der Waals surface area contributed by atoms with Gasteiger partial charge < -0.3 is 9.88 Å². The molecule has 0 aliphatic rings. The summed E-state index contributed by atoms with van der Waals surface area (Å²) < 4.78 is 0. The number of allylic oxidation sites excluding steroid dienone is 2. The average Bonchev–Trinajstić information content (AvgIpc) is 3.57. The molecule has 5 rings (SSSR count). The fraction of sp³-hybridized carbons (Fsp3) is 0.111.